The minimum absolute atomic E-state index is 0.282. The van der Waals surface area contributed by atoms with Crippen LogP contribution in [-0.2, 0) is 17.6 Å². The summed E-state index contributed by atoms with van der Waals surface area (Å²) in [5.74, 6) is 0.603. The fourth-order valence-corrected chi connectivity index (χ4v) is 5.99. The molecule has 1 amide bonds. The van der Waals surface area contributed by atoms with Crippen LogP contribution in [0.5, 0.6) is 5.75 Å². The molecular weight excluding hydrogens is 460 g/mol. The second-order valence-electron chi connectivity index (χ2n) is 8.80. The smallest absolute Gasteiger partial charge is 0.341 e. The maximum atomic E-state index is 13.6. The molecule has 0 radical (unpaired) electrons. The zero-order chi connectivity index (χ0) is 24.5. The van der Waals surface area contributed by atoms with Crippen LogP contribution < -0.4 is 10.1 Å². The van der Waals surface area contributed by atoms with Crippen LogP contribution in [0.4, 0.5) is 5.00 Å². The molecule has 178 valence electrons. The van der Waals surface area contributed by atoms with Gasteiger partial charge in [-0.2, -0.15) is 0 Å². The Morgan fingerprint density at radius 3 is 2.60 bits per heavy atom. The lowest BCUT2D eigenvalue weighted by Crippen LogP contribution is -2.16. The minimum atomic E-state index is -0.411. The normalized spacial score (nSPS) is 14.9. The number of methoxy groups -OCH3 is 2. The highest BCUT2D eigenvalue weighted by Crippen LogP contribution is 2.40. The Hall–Kier alpha value is -3.71. The van der Waals surface area contributed by atoms with Crippen LogP contribution in [0.15, 0.2) is 54.6 Å². The van der Waals surface area contributed by atoms with E-state index in [0.717, 1.165) is 51.9 Å². The third-order valence-electron chi connectivity index (χ3n) is 6.47. The van der Waals surface area contributed by atoms with Gasteiger partial charge in [0.25, 0.3) is 5.91 Å². The van der Waals surface area contributed by atoms with E-state index in [1.165, 1.54) is 18.4 Å². The number of pyridine rings is 1. The van der Waals surface area contributed by atoms with Crippen molar-refractivity contribution in [1.29, 1.82) is 0 Å². The zero-order valence-electron chi connectivity index (χ0n) is 19.9. The Morgan fingerprint density at radius 2 is 1.86 bits per heavy atom. The van der Waals surface area contributed by atoms with Gasteiger partial charge < -0.3 is 14.8 Å². The van der Waals surface area contributed by atoms with Gasteiger partial charge in [-0.25, -0.2) is 9.78 Å². The van der Waals surface area contributed by atoms with Gasteiger partial charge in [-0.05, 0) is 67.1 Å². The fraction of sp³-hybridized carbons (Fsp3) is 0.250. The highest BCUT2D eigenvalue weighted by Gasteiger charge is 2.29. The average molecular weight is 487 g/mol. The molecule has 35 heavy (non-hydrogen) atoms. The molecule has 0 bridgehead atoms. The highest BCUT2D eigenvalue weighted by molar-refractivity contribution is 7.17. The van der Waals surface area contributed by atoms with Crippen molar-refractivity contribution in [3.05, 3.63) is 76.2 Å². The summed E-state index contributed by atoms with van der Waals surface area (Å²) in [5.41, 5.74) is 4.27. The molecule has 2 aromatic carbocycles. The number of para-hydroxylation sites is 1. The van der Waals surface area contributed by atoms with Crippen molar-refractivity contribution in [2.75, 3.05) is 19.5 Å². The van der Waals surface area contributed by atoms with Crippen LogP contribution in [0.25, 0.3) is 22.2 Å². The first-order chi connectivity index (χ1) is 17.0. The van der Waals surface area contributed by atoms with E-state index in [1.54, 1.807) is 13.2 Å². The van der Waals surface area contributed by atoms with Crippen molar-refractivity contribution >= 4 is 39.1 Å². The summed E-state index contributed by atoms with van der Waals surface area (Å²) in [6.45, 7) is 2.21. The number of hydrogen-bond donors (Lipinski definition) is 1. The summed E-state index contributed by atoms with van der Waals surface area (Å²) >= 11 is 1.48. The van der Waals surface area contributed by atoms with Gasteiger partial charge in [0.15, 0.2) is 0 Å². The van der Waals surface area contributed by atoms with Crippen LogP contribution in [0.3, 0.4) is 0 Å². The maximum absolute atomic E-state index is 13.6. The van der Waals surface area contributed by atoms with Crippen LogP contribution >= 0.6 is 11.3 Å². The summed E-state index contributed by atoms with van der Waals surface area (Å²) in [6, 6.07) is 16.9. The van der Waals surface area contributed by atoms with E-state index in [2.05, 4.69) is 12.2 Å². The molecule has 1 N–H and O–H groups in total. The van der Waals surface area contributed by atoms with Crippen molar-refractivity contribution in [2.24, 2.45) is 5.92 Å². The Labute approximate surface area is 207 Å². The Morgan fingerprint density at radius 1 is 1.09 bits per heavy atom. The summed E-state index contributed by atoms with van der Waals surface area (Å²) in [7, 11) is 3.00. The molecule has 1 aliphatic rings. The molecule has 0 aliphatic heterocycles. The number of ether oxygens (including phenoxy) is 2. The average Bonchev–Trinajstić information content (AvgIpc) is 3.24. The lowest BCUT2D eigenvalue weighted by molar-refractivity contribution is 0.0601. The molecule has 6 nitrogen and oxygen atoms in total. The number of nitrogens with one attached hydrogen (secondary N) is 1. The van der Waals surface area contributed by atoms with E-state index in [1.807, 2.05) is 48.5 Å². The number of aromatic nitrogens is 1. The first kappa shape index (κ1) is 23.1. The maximum Gasteiger partial charge on any atom is 0.341 e. The van der Waals surface area contributed by atoms with Crippen molar-refractivity contribution in [2.45, 2.75) is 26.2 Å². The largest absolute Gasteiger partial charge is 0.497 e. The molecule has 1 atom stereocenters. The summed E-state index contributed by atoms with van der Waals surface area (Å²) in [6.07, 6.45) is 2.73. The van der Waals surface area contributed by atoms with Gasteiger partial charge in [-0.15, -0.1) is 11.3 Å². The van der Waals surface area contributed by atoms with Crippen LogP contribution in [-0.4, -0.2) is 31.1 Å². The Balaban J connectivity index is 1.57. The number of thiophene rings is 1. The van der Waals surface area contributed by atoms with Gasteiger partial charge >= 0.3 is 5.97 Å². The number of nitrogens with zero attached hydrogens (tertiary/aromatic N) is 1. The van der Waals surface area contributed by atoms with Crippen molar-refractivity contribution in [1.82, 2.24) is 4.98 Å². The number of benzene rings is 2. The monoisotopic (exact) mass is 486 g/mol. The molecule has 2 heterocycles. The Bertz CT molecular complexity index is 1430. The second kappa shape index (κ2) is 9.50. The van der Waals surface area contributed by atoms with Crippen molar-refractivity contribution in [3.63, 3.8) is 0 Å². The molecule has 2 aromatic heterocycles. The third kappa shape index (κ3) is 4.39. The highest BCUT2D eigenvalue weighted by atomic mass is 32.1. The number of hydrogen-bond acceptors (Lipinski definition) is 6. The van der Waals surface area contributed by atoms with Gasteiger partial charge in [-0.1, -0.05) is 25.1 Å². The van der Waals surface area contributed by atoms with Crippen LogP contribution in [0.2, 0.25) is 0 Å². The second-order valence-corrected chi connectivity index (χ2v) is 9.91. The number of esters is 1. The van der Waals surface area contributed by atoms with Gasteiger partial charge in [-0.3, -0.25) is 4.79 Å². The number of rotatable bonds is 5. The molecular formula is C28H26N2O4S. The number of anilines is 1. The molecule has 0 saturated carbocycles. The summed E-state index contributed by atoms with van der Waals surface area (Å²) in [5, 5.41) is 4.33. The first-order valence-corrected chi connectivity index (χ1v) is 12.4. The molecule has 7 heteroatoms. The fourth-order valence-electron chi connectivity index (χ4n) is 4.60. The molecule has 0 spiro atoms. The lowest BCUT2D eigenvalue weighted by Gasteiger charge is -2.18. The quantitative estimate of drug-likeness (QED) is 0.343. The zero-order valence-corrected chi connectivity index (χ0v) is 20.7. The molecule has 4 aromatic rings. The van der Waals surface area contributed by atoms with Gasteiger partial charge in [0.1, 0.15) is 10.8 Å². The van der Waals surface area contributed by atoms with E-state index in [9.17, 15) is 9.59 Å². The SMILES string of the molecule is COC(=O)c1c(NC(=O)c2cc(-c3ccc(OC)cc3)nc3ccccc23)sc2c1CCC(C)C2. The third-order valence-corrected chi connectivity index (χ3v) is 7.64. The number of carbonyl (C=O) groups excluding carboxylic acids is 2. The first-order valence-electron chi connectivity index (χ1n) is 11.6. The van der Waals surface area contributed by atoms with Crippen LogP contribution in [0, 0.1) is 5.92 Å². The van der Waals surface area contributed by atoms with Gasteiger partial charge in [0.05, 0.1) is 36.6 Å². The predicted molar refractivity (Wildman–Crippen MR) is 139 cm³/mol. The van der Waals surface area contributed by atoms with Crippen LogP contribution in [0.1, 0.15) is 44.5 Å². The molecule has 1 aliphatic carbocycles. The van der Waals surface area contributed by atoms with Gasteiger partial charge in [0.2, 0.25) is 0 Å². The van der Waals surface area contributed by atoms with E-state index in [-0.39, 0.29) is 5.91 Å². The van der Waals surface area contributed by atoms with E-state index in [0.29, 0.717) is 27.7 Å². The number of fused-ring (bicyclic) bond motifs is 2. The number of amides is 1. The molecule has 5 rings (SSSR count). The summed E-state index contributed by atoms with van der Waals surface area (Å²) in [4.78, 5) is 32.3. The predicted octanol–water partition coefficient (Wildman–Crippen LogP) is 6.14. The minimum Gasteiger partial charge on any atom is -0.497 e. The molecule has 0 saturated heterocycles. The van der Waals surface area contributed by atoms with E-state index >= 15 is 0 Å². The lowest BCUT2D eigenvalue weighted by atomic mass is 9.88. The van der Waals surface area contributed by atoms with Crippen molar-refractivity contribution < 1.29 is 19.1 Å². The van der Waals surface area contributed by atoms with Crippen molar-refractivity contribution in [3.8, 4) is 17.0 Å². The molecule has 1 unspecified atom stereocenters. The summed E-state index contributed by atoms with van der Waals surface area (Å²) < 4.78 is 10.3. The number of carbonyl (C=O) groups is 2. The molecule has 0 fully saturated rings. The topological polar surface area (TPSA) is 77.5 Å². The van der Waals surface area contributed by atoms with E-state index in [4.69, 9.17) is 14.5 Å². The Kier molecular flexibility index (Phi) is 6.26. The van der Waals surface area contributed by atoms with E-state index < -0.39 is 5.97 Å². The van der Waals surface area contributed by atoms with Gasteiger partial charge in [0, 0.05) is 15.8 Å². The standard InChI is InChI=1S/C28H26N2O4S/c1-16-8-13-20-24(14-16)35-27(25(20)28(32)34-3)30-26(31)21-15-23(17-9-11-18(33-2)12-10-17)29-22-7-5-4-6-19(21)22/h4-7,9-12,15-16H,8,13-14H2,1-3H3,(H,30,31).